The fourth-order valence-electron chi connectivity index (χ4n) is 2.06. The number of hydrogen-bond donors (Lipinski definition) is 1. The largest absolute Gasteiger partial charge is 0.317 e. The maximum Gasteiger partial charge on any atom is 0.163 e. The SMILES string of the molecule is Cc1cc(C(=O)CC2CCNCC2)cs1. The van der Waals surface area contributed by atoms with Gasteiger partial charge in [-0.15, -0.1) is 11.3 Å². The van der Waals surface area contributed by atoms with Crippen LogP contribution in [0.5, 0.6) is 0 Å². The van der Waals surface area contributed by atoms with Gasteiger partial charge in [-0.25, -0.2) is 0 Å². The van der Waals surface area contributed by atoms with Crippen molar-refractivity contribution >= 4 is 17.1 Å². The summed E-state index contributed by atoms with van der Waals surface area (Å²) in [4.78, 5) is 13.1. The fourth-order valence-corrected chi connectivity index (χ4v) is 2.76. The van der Waals surface area contributed by atoms with Crippen LogP contribution in [-0.4, -0.2) is 18.9 Å². The van der Waals surface area contributed by atoms with Gasteiger partial charge in [0.25, 0.3) is 0 Å². The zero-order valence-electron chi connectivity index (χ0n) is 9.08. The molecule has 1 fully saturated rings. The number of carbonyl (C=O) groups is 1. The van der Waals surface area contributed by atoms with Crippen LogP contribution in [0, 0.1) is 12.8 Å². The van der Waals surface area contributed by atoms with Crippen molar-refractivity contribution in [2.45, 2.75) is 26.2 Å². The van der Waals surface area contributed by atoms with Crippen LogP contribution in [0.4, 0.5) is 0 Å². The molecule has 0 bridgehead atoms. The molecule has 2 heterocycles. The number of aryl methyl sites for hydroxylation is 1. The van der Waals surface area contributed by atoms with Crippen molar-refractivity contribution in [2.75, 3.05) is 13.1 Å². The van der Waals surface area contributed by atoms with E-state index in [0.29, 0.717) is 11.7 Å². The molecular formula is C12H17NOS. The lowest BCUT2D eigenvalue weighted by Gasteiger charge is -2.21. The number of ketones is 1. The maximum absolute atomic E-state index is 11.9. The molecule has 2 nitrogen and oxygen atoms in total. The summed E-state index contributed by atoms with van der Waals surface area (Å²) in [5, 5.41) is 5.31. The maximum atomic E-state index is 11.9. The average molecular weight is 223 g/mol. The van der Waals surface area contributed by atoms with Crippen molar-refractivity contribution < 1.29 is 4.79 Å². The molecule has 15 heavy (non-hydrogen) atoms. The molecule has 1 aromatic heterocycles. The van der Waals surface area contributed by atoms with E-state index in [0.717, 1.165) is 37.9 Å². The van der Waals surface area contributed by atoms with E-state index in [-0.39, 0.29) is 0 Å². The van der Waals surface area contributed by atoms with E-state index in [1.165, 1.54) is 4.88 Å². The van der Waals surface area contributed by atoms with Gasteiger partial charge in [-0.1, -0.05) is 0 Å². The molecule has 0 amide bonds. The van der Waals surface area contributed by atoms with Crippen molar-refractivity contribution in [3.8, 4) is 0 Å². The van der Waals surface area contributed by atoms with Crippen LogP contribution in [0.2, 0.25) is 0 Å². The number of rotatable bonds is 3. The molecule has 1 saturated heterocycles. The summed E-state index contributed by atoms with van der Waals surface area (Å²) in [5.41, 5.74) is 0.913. The van der Waals surface area contributed by atoms with Crippen molar-refractivity contribution in [2.24, 2.45) is 5.92 Å². The Bertz CT molecular complexity index is 339. The van der Waals surface area contributed by atoms with Crippen molar-refractivity contribution in [3.05, 3.63) is 21.9 Å². The Labute approximate surface area is 94.7 Å². The fraction of sp³-hybridized carbons (Fsp3) is 0.583. The van der Waals surface area contributed by atoms with Gasteiger partial charge in [-0.2, -0.15) is 0 Å². The second-order valence-electron chi connectivity index (χ2n) is 4.27. The van der Waals surface area contributed by atoms with E-state index in [9.17, 15) is 4.79 Å². The van der Waals surface area contributed by atoms with E-state index in [2.05, 4.69) is 5.32 Å². The average Bonchev–Trinajstić information content (AvgIpc) is 2.66. The van der Waals surface area contributed by atoms with Crippen LogP contribution in [0.25, 0.3) is 0 Å². The summed E-state index contributed by atoms with van der Waals surface area (Å²) in [6.45, 7) is 4.19. The number of Topliss-reactive ketones (excluding diaryl/α,β-unsaturated/α-hetero) is 1. The number of piperidine rings is 1. The number of thiophene rings is 1. The van der Waals surface area contributed by atoms with Crippen molar-refractivity contribution in [1.29, 1.82) is 0 Å². The molecule has 0 unspecified atom stereocenters. The summed E-state index contributed by atoms with van der Waals surface area (Å²) in [6.07, 6.45) is 3.03. The molecule has 3 heteroatoms. The van der Waals surface area contributed by atoms with Gasteiger partial charge >= 0.3 is 0 Å². The first kappa shape index (κ1) is 10.8. The molecule has 0 saturated carbocycles. The van der Waals surface area contributed by atoms with Gasteiger partial charge in [0.2, 0.25) is 0 Å². The minimum Gasteiger partial charge on any atom is -0.317 e. The first-order valence-corrected chi connectivity index (χ1v) is 6.43. The van der Waals surface area contributed by atoms with Crippen molar-refractivity contribution in [3.63, 3.8) is 0 Å². The van der Waals surface area contributed by atoms with E-state index in [4.69, 9.17) is 0 Å². The van der Waals surface area contributed by atoms with Crippen LogP contribution in [0.3, 0.4) is 0 Å². The highest BCUT2D eigenvalue weighted by molar-refractivity contribution is 7.10. The Balaban J connectivity index is 1.91. The smallest absolute Gasteiger partial charge is 0.163 e. The summed E-state index contributed by atoms with van der Waals surface area (Å²) in [5.74, 6) is 0.921. The lowest BCUT2D eigenvalue weighted by molar-refractivity contribution is 0.0953. The zero-order chi connectivity index (χ0) is 10.7. The molecule has 1 N–H and O–H groups in total. The number of hydrogen-bond acceptors (Lipinski definition) is 3. The number of nitrogens with one attached hydrogen (secondary N) is 1. The van der Waals surface area contributed by atoms with Crippen LogP contribution in [0.1, 0.15) is 34.5 Å². The highest BCUT2D eigenvalue weighted by Crippen LogP contribution is 2.21. The second-order valence-corrected chi connectivity index (χ2v) is 5.38. The van der Waals surface area contributed by atoms with E-state index in [1.807, 2.05) is 18.4 Å². The van der Waals surface area contributed by atoms with E-state index in [1.54, 1.807) is 11.3 Å². The molecule has 0 spiro atoms. The summed E-state index contributed by atoms with van der Waals surface area (Å²) in [7, 11) is 0. The topological polar surface area (TPSA) is 29.1 Å². The first-order valence-electron chi connectivity index (χ1n) is 5.55. The minimum atomic E-state index is 0.325. The lowest BCUT2D eigenvalue weighted by atomic mass is 9.91. The Morgan fingerprint density at radius 1 is 1.53 bits per heavy atom. The van der Waals surface area contributed by atoms with Gasteiger partial charge in [0.05, 0.1) is 0 Å². The molecular weight excluding hydrogens is 206 g/mol. The number of carbonyl (C=O) groups excluding carboxylic acids is 1. The van der Waals surface area contributed by atoms with Gasteiger partial charge in [0.1, 0.15) is 0 Å². The van der Waals surface area contributed by atoms with E-state index < -0.39 is 0 Å². The van der Waals surface area contributed by atoms with Gasteiger partial charge < -0.3 is 5.32 Å². The van der Waals surface area contributed by atoms with Crippen molar-refractivity contribution in [1.82, 2.24) is 5.32 Å². The minimum absolute atomic E-state index is 0.325. The van der Waals surface area contributed by atoms with Crippen LogP contribution < -0.4 is 5.32 Å². The molecule has 1 aromatic rings. The molecule has 0 radical (unpaired) electrons. The molecule has 2 rings (SSSR count). The summed E-state index contributed by atoms with van der Waals surface area (Å²) < 4.78 is 0. The molecule has 0 aromatic carbocycles. The van der Waals surface area contributed by atoms with Crippen LogP contribution in [-0.2, 0) is 0 Å². The van der Waals surface area contributed by atoms with Gasteiger partial charge in [0.15, 0.2) is 5.78 Å². The summed E-state index contributed by atoms with van der Waals surface area (Å²) >= 11 is 1.66. The monoisotopic (exact) mass is 223 g/mol. The third-order valence-electron chi connectivity index (χ3n) is 2.99. The Morgan fingerprint density at radius 3 is 2.87 bits per heavy atom. The van der Waals surface area contributed by atoms with E-state index >= 15 is 0 Å². The van der Waals surface area contributed by atoms with Crippen LogP contribution in [0.15, 0.2) is 11.4 Å². The molecule has 1 aliphatic rings. The molecule has 82 valence electrons. The van der Waals surface area contributed by atoms with Gasteiger partial charge in [0, 0.05) is 22.2 Å². The zero-order valence-corrected chi connectivity index (χ0v) is 9.90. The molecule has 0 atom stereocenters. The lowest BCUT2D eigenvalue weighted by Crippen LogP contribution is -2.28. The Hall–Kier alpha value is -0.670. The predicted molar refractivity (Wildman–Crippen MR) is 63.6 cm³/mol. The second kappa shape index (κ2) is 4.90. The normalized spacial score (nSPS) is 17.9. The molecule has 0 aliphatic carbocycles. The highest BCUT2D eigenvalue weighted by Gasteiger charge is 2.18. The predicted octanol–water partition coefficient (Wildman–Crippen LogP) is 2.63. The summed E-state index contributed by atoms with van der Waals surface area (Å²) in [6, 6.07) is 2.01. The molecule has 1 aliphatic heterocycles. The quantitative estimate of drug-likeness (QED) is 0.798. The third kappa shape index (κ3) is 2.89. The highest BCUT2D eigenvalue weighted by atomic mass is 32.1. The standard InChI is InChI=1S/C12H17NOS/c1-9-6-11(8-15-9)12(14)7-10-2-4-13-5-3-10/h6,8,10,13H,2-5,7H2,1H3. The first-order chi connectivity index (χ1) is 7.25. The van der Waals surface area contributed by atoms with Gasteiger partial charge in [-0.3, -0.25) is 4.79 Å². The Morgan fingerprint density at radius 2 is 2.27 bits per heavy atom. The third-order valence-corrected chi connectivity index (χ3v) is 3.85. The van der Waals surface area contributed by atoms with Crippen LogP contribution >= 0.6 is 11.3 Å². The Kier molecular flexibility index (Phi) is 3.54. The van der Waals surface area contributed by atoms with Gasteiger partial charge in [-0.05, 0) is 44.8 Å².